The number of hydrogen-bond acceptors (Lipinski definition) is 13. The highest BCUT2D eigenvalue weighted by Gasteiger charge is 2.55. The number of alkyl halides is 2. The number of aromatic nitrogens is 6. The van der Waals surface area contributed by atoms with Crippen LogP contribution < -0.4 is 17.0 Å². The average Bonchev–Trinajstić information content (AvgIpc) is 3.72. The number of aromatic amines is 1. The third-order valence-corrected chi connectivity index (χ3v) is 11.0. The lowest BCUT2D eigenvalue weighted by atomic mass is 10.1. The molecule has 10 atom stereocenters. The summed E-state index contributed by atoms with van der Waals surface area (Å²) in [4.78, 5) is 38.2. The lowest BCUT2D eigenvalue weighted by molar-refractivity contribution is -0.0396. The van der Waals surface area contributed by atoms with E-state index in [4.69, 9.17) is 41.8 Å². The molecule has 0 spiro atoms. The molecule has 6 heterocycles. The van der Waals surface area contributed by atoms with Gasteiger partial charge in [0, 0.05) is 12.3 Å². The first-order valence-electron chi connectivity index (χ1n) is 12.8. The number of halogens is 2. The lowest BCUT2D eigenvalue weighted by Gasteiger charge is -2.29. The van der Waals surface area contributed by atoms with Crippen LogP contribution in [-0.4, -0.2) is 88.6 Å². The Labute approximate surface area is 256 Å². The van der Waals surface area contributed by atoms with E-state index in [0.717, 1.165) is 0 Å². The van der Waals surface area contributed by atoms with Crippen LogP contribution in [0.25, 0.3) is 22.1 Å². The number of H-pyrrole nitrogens is 1. The molecular weight excluding hydrogens is 668 g/mol. The molecule has 4 aromatic rings. The molecule has 22 heteroatoms. The van der Waals surface area contributed by atoms with Crippen molar-refractivity contribution in [1.82, 2.24) is 29.1 Å². The molecule has 16 nitrogen and oxygen atoms in total. The van der Waals surface area contributed by atoms with Crippen LogP contribution in [0, 0.1) is 0 Å². The van der Waals surface area contributed by atoms with Crippen molar-refractivity contribution in [3.8, 4) is 0 Å². The number of nitrogens with one attached hydrogen (secondary N) is 1. The molecule has 0 radical (unpaired) electrons. The van der Waals surface area contributed by atoms with Crippen LogP contribution >= 0.6 is 26.0 Å². The maximum atomic E-state index is 15.8. The SMILES string of the molecule is Nc1cc2c(ncn2C2OC(CO)C(F)C2P(O)(=S)OCC2OC(n3ccc4c(N)ncnc43)C(F)C2O[P+](=O)S)c(=O)[nH]1. The number of nitrogens with two attached hydrogens (primary N) is 2. The number of aliphatic hydroxyl groups excluding tert-OH is 1. The van der Waals surface area contributed by atoms with Crippen LogP contribution in [0.5, 0.6) is 0 Å². The molecule has 236 valence electrons. The average molecular weight is 694 g/mol. The Morgan fingerprint density at radius 3 is 2.66 bits per heavy atom. The highest BCUT2D eigenvalue weighted by Crippen LogP contribution is 2.59. The molecule has 0 aliphatic carbocycles. The molecule has 0 aromatic carbocycles. The minimum absolute atomic E-state index is 0.0131. The molecule has 2 saturated heterocycles. The number of thiol groups is 1. The van der Waals surface area contributed by atoms with E-state index in [1.807, 2.05) is 0 Å². The standard InChI is InChI=1S/C22H24F2N8O8P2S2/c23-13-10(4-33)38-22(32-7-29-15-9(32)3-12(25)30-20(15)34)17(13)42(36,44)37-5-11-16(40-41(35)43)14(24)21(39-11)31-2-1-8-18(26)27-6-28-19(8)31/h1-3,6-7,10-11,13-14,16-17,21-22,33H,4-5H2,(H6-,25,26,27,28,30,34,35,36,43,44)/p+1. The molecule has 0 saturated carbocycles. The molecular formula is C22H25F2N8O8P2S2+. The van der Waals surface area contributed by atoms with Gasteiger partial charge < -0.3 is 49.6 Å². The van der Waals surface area contributed by atoms with Crippen molar-refractivity contribution in [2.75, 3.05) is 24.7 Å². The van der Waals surface area contributed by atoms with Crippen molar-refractivity contribution in [3.63, 3.8) is 0 Å². The Hall–Kier alpha value is -2.64. The van der Waals surface area contributed by atoms with Crippen LogP contribution in [0.15, 0.2) is 35.8 Å². The molecule has 0 amide bonds. The predicted molar refractivity (Wildman–Crippen MR) is 159 cm³/mol. The van der Waals surface area contributed by atoms with Gasteiger partial charge in [0.05, 0.1) is 30.4 Å². The van der Waals surface area contributed by atoms with Crippen LogP contribution in [0.1, 0.15) is 12.5 Å². The number of hydrogen-bond donors (Lipinski definition) is 6. The van der Waals surface area contributed by atoms with E-state index in [1.165, 1.54) is 34.1 Å². The number of imidazole rings is 1. The fourth-order valence-electron chi connectivity index (χ4n) is 5.44. The lowest BCUT2D eigenvalue weighted by Crippen LogP contribution is -2.34. The topological polar surface area (TPSA) is 228 Å². The maximum absolute atomic E-state index is 15.8. The summed E-state index contributed by atoms with van der Waals surface area (Å²) in [5.74, 6) is 0.142. The Bertz CT molecular complexity index is 1850. The van der Waals surface area contributed by atoms with E-state index in [1.54, 1.807) is 6.07 Å². The number of ether oxygens (including phenoxy) is 2. The van der Waals surface area contributed by atoms with Crippen molar-refractivity contribution in [3.05, 3.63) is 41.3 Å². The number of fused-ring (bicyclic) bond motifs is 2. The summed E-state index contributed by atoms with van der Waals surface area (Å²) in [6.07, 6.45) is -7.10. The third kappa shape index (κ3) is 5.42. The number of nitrogens with zero attached hydrogens (tertiary/aromatic N) is 5. The monoisotopic (exact) mass is 693 g/mol. The highest BCUT2D eigenvalue weighted by molar-refractivity contribution is 8.39. The third-order valence-electron chi connectivity index (χ3n) is 7.43. The van der Waals surface area contributed by atoms with Gasteiger partial charge in [0.2, 0.25) is 0 Å². The highest BCUT2D eigenvalue weighted by atomic mass is 32.7. The van der Waals surface area contributed by atoms with Gasteiger partial charge in [0.15, 0.2) is 36.7 Å². The molecule has 6 rings (SSSR count). The fraction of sp³-hybridized carbons (Fsp3) is 0.455. The number of rotatable bonds is 9. The van der Waals surface area contributed by atoms with E-state index in [0.29, 0.717) is 5.39 Å². The summed E-state index contributed by atoms with van der Waals surface area (Å²) >= 11 is 9.14. The zero-order chi connectivity index (χ0) is 31.5. The number of nitrogen functional groups attached to an aromatic ring is 2. The van der Waals surface area contributed by atoms with Crippen LogP contribution in [0.3, 0.4) is 0 Å². The zero-order valence-corrected chi connectivity index (χ0v) is 25.7. The Morgan fingerprint density at radius 2 is 1.93 bits per heavy atom. The van der Waals surface area contributed by atoms with Gasteiger partial charge in [0.25, 0.3) is 5.56 Å². The largest absolute Gasteiger partial charge is 0.582 e. The Balaban J connectivity index is 1.29. The summed E-state index contributed by atoms with van der Waals surface area (Å²) in [6, 6.07) is 2.93. The van der Waals surface area contributed by atoms with Gasteiger partial charge in [0.1, 0.15) is 59.9 Å². The normalized spacial score (nSPS) is 30.7. The molecule has 10 unspecified atom stereocenters. The van der Waals surface area contributed by atoms with Gasteiger partial charge in [-0.15, -0.1) is 4.52 Å². The number of aliphatic hydroxyl groups is 1. The number of anilines is 2. The van der Waals surface area contributed by atoms with E-state index in [9.17, 15) is 19.4 Å². The van der Waals surface area contributed by atoms with Crippen LogP contribution in [-0.2, 0) is 34.9 Å². The van der Waals surface area contributed by atoms with Crippen LogP contribution in [0.2, 0.25) is 0 Å². The Kier molecular flexibility index (Phi) is 8.51. The van der Waals surface area contributed by atoms with Crippen molar-refractivity contribution in [1.29, 1.82) is 0 Å². The second-order valence-electron chi connectivity index (χ2n) is 10.0. The summed E-state index contributed by atoms with van der Waals surface area (Å²) in [6.45, 7) is -5.63. The van der Waals surface area contributed by atoms with Crippen molar-refractivity contribution in [2.45, 2.75) is 48.8 Å². The summed E-state index contributed by atoms with van der Waals surface area (Å²) in [5.41, 5.74) is 9.83. The second kappa shape index (κ2) is 11.9. The minimum Gasteiger partial charge on any atom is -0.394 e. The first kappa shape index (κ1) is 31.3. The first-order valence-corrected chi connectivity index (χ1v) is 17.9. The first-order chi connectivity index (χ1) is 20.9. The van der Waals surface area contributed by atoms with Gasteiger partial charge >= 0.3 is 7.23 Å². The summed E-state index contributed by atoms with van der Waals surface area (Å²) in [5, 5.41) is 10.2. The van der Waals surface area contributed by atoms with Gasteiger partial charge in [-0.2, -0.15) is 0 Å². The molecule has 7 N–H and O–H groups in total. The van der Waals surface area contributed by atoms with E-state index < -0.39 is 81.3 Å². The minimum atomic E-state index is -4.24. The van der Waals surface area contributed by atoms with Crippen LogP contribution in [0.4, 0.5) is 20.4 Å². The fourth-order valence-corrected chi connectivity index (χ4v) is 8.69. The maximum Gasteiger partial charge on any atom is 0.582 e. The predicted octanol–water partition coefficient (Wildman–Crippen LogP) is 1.46. The van der Waals surface area contributed by atoms with E-state index >= 15 is 8.78 Å². The smallest absolute Gasteiger partial charge is 0.394 e. The molecule has 4 aromatic heterocycles. The zero-order valence-electron chi connectivity index (χ0n) is 22.2. The van der Waals surface area contributed by atoms with Gasteiger partial charge in [-0.1, -0.05) is 0 Å². The Morgan fingerprint density at radius 1 is 1.18 bits per heavy atom. The van der Waals surface area contributed by atoms with Gasteiger partial charge in [-0.3, -0.25) is 4.79 Å². The molecule has 44 heavy (non-hydrogen) atoms. The van der Waals surface area contributed by atoms with Gasteiger partial charge in [-0.05, 0) is 22.4 Å². The van der Waals surface area contributed by atoms with Crippen molar-refractivity contribution in [2.24, 2.45) is 0 Å². The molecule has 2 aliphatic heterocycles. The summed E-state index contributed by atoms with van der Waals surface area (Å²) in [7, 11) is -2.62. The van der Waals surface area contributed by atoms with Crippen molar-refractivity contribution < 1.29 is 41.9 Å². The van der Waals surface area contributed by atoms with Crippen molar-refractivity contribution >= 4 is 71.5 Å². The molecule has 0 bridgehead atoms. The quantitative estimate of drug-likeness (QED) is 0.108. The molecule has 2 fully saturated rings. The van der Waals surface area contributed by atoms with Gasteiger partial charge in [-0.25, -0.2) is 23.7 Å². The summed E-state index contributed by atoms with van der Waals surface area (Å²) < 4.78 is 68.5. The van der Waals surface area contributed by atoms with E-state index in [2.05, 4.69) is 32.2 Å². The number of pyridine rings is 1. The second-order valence-corrected chi connectivity index (χ2v) is 15.2. The molecule has 2 aliphatic rings. The van der Waals surface area contributed by atoms with E-state index in [-0.39, 0.29) is 28.3 Å².